The summed E-state index contributed by atoms with van der Waals surface area (Å²) >= 11 is 0. The molecule has 1 aliphatic rings. The number of carbonyl (C=O) groups excluding carboxylic acids is 2. The molecule has 0 spiro atoms. The van der Waals surface area contributed by atoms with Crippen LogP contribution in [0.1, 0.15) is 24.0 Å². The number of hydrogen-bond donors (Lipinski definition) is 1. The molecule has 0 saturated carbocycles. The van der Waals surface area contributed by atoms with Gasteiger partial charge in [0.2, 0.25) is 21.8 Å². The van der Waals surface area contributed by atoms with E-state index in [9.17, 15) is 22.4 Å². The van der Waals surface area contributed by atoms with E-state index in [0.29, 0.717) is 18.7 Å². The Labute approximate surface area is 206 Å². The highest BCUT2D eigenvalue weighted by Gasteiger charge is 2.32. The van der Waals surface area contributed by atoms with Crippen LogP contribution in [0.4, 0.5) is 4.39 Å². The SMILES string of the molecule is CN(CC(=O)N(Cc1ccc(F)cc1)[C@@H](Cc1ccccc1)C(=O)NC[C@@H]1CCCO1)S(C)(=O)=O. The van der Waals surface area contributed by atoms with Gasteiger partial charge in [-0.05, 0) is 36.1 Å². The molecule has 0 radical (unpaired) electrons. The third-order valence-corrected chi connectivity index (χ3v) is 7.25. The van der Waals surface area contributed by atoms with Gasteiger partial charge in [-0.3, -0.25) is 9.59 Å². The quantitative estimate of drug-likeness (QED) is 0.504. The molecular weight excluding hydrogens is 473 g/mol. The van der Waals surface area contributed by atoms with E-state index < -0.39 is 34.3 Å². The molecule has 0 aromatic heterocycles. The second-order valence-corrected chi connectivity index (χ2v) is 10.8. The van der Waals surface area contributed by atoms with Gasteiger partial charge in [0, 0.05) is 33.2 Å². The van der Waals surface area contributed by atoms with Crippen LogP contribution in [-0.2, 0) is 37.3 Å². The van der Waals surface area contributed by atoms with E-state index in [0.717, 1.165) is 29.0 Å². The molecule has 2 aromatic carbocycles. The minimum Gasteiger partial charge on any atom is -0.376 e. The molecule has 190 valence electrons. The second kappa shape index (κ2) is 12.2. The number of ether oxygens (including phenoxy) is 1. The van der Waals surface area contributed by atoms with Crippen LogP contribution in [0.25, 0.3) is 0 Å². The fourth-order valence-corrected chi connectivity index (χ4v) is 4.22. The summed E-state index contributed by atoms with van der Waals surface area (Å²) in [5.41, 5.74) is 1.46. The molecule has 0 aliphatic carbocycles. The van der Waals surface area contributed by atoms with Crippen molar-refractivity contribution in [3.63, 3.8) is 0 Å². The third kappa shape index (κ3) is 8.12. The average Bonchev–Trinajstić information content (AvgIpc) is 3.34. The zero-order valence-electron chi connectivity index (χ0n) is 20.0. The van der Waals surface area contributed by atoms with Crippen molar-refractivity contribution in [1.29, 1.82) is 0 Å². The molecule has 1 saturated heterocycles. The summed E-state index contributed by atoms with van der Waals surface area (Å²) in [6.07, 6.45) is 2.95. The number of hydrogen-bond acceptors (Lipinski definition) is 5. The fraction of sp³-hybridized carbons (Fsp3) is 0.440. The number of benzene rings is 2. The van der Waals surface area contributed by atoms with Gasteiger partial charge in [0.05, 0.1) is 18.9 Å². The summed E-state index contributed by atoms with van der Waals surface area (Å²) in [6.45, 7) is 0.568. The number of carbonyl (C=O) groups is 2. The van der Waals surface area contributed by atoms with Gasteiger partial charge in [-0.15, -0.1) is 0 Å². The Morgan fingerprint density at radius 1 is 1.11 bits per heavy atom. The van der Waals surface area contributed by atoms with Crippen molar-refractivity contribution in [2.45, 2.75) is 38.0 Å². The Bertz CT molecular complexity index is 1090. The number of nitrogens with one attached hydrogen (secondary N) is 1. The lowest BCUT2D eigenvalue weighted by Gasteiger charge is -2.32. The molecular formula is C25H32FN3O5S. The average molecular weight is 506 g/mol. The first-order valence-corrected chi connectivity index (χ1v) is 13.4. The Morgan fingerprint density at radius 2 is 1.80 bits per heavy atom. The van der Waals surface area contributed by atoms with Gasteiger partial charge in [0.15, 0.2) is 0 Å². The molecule has 0 bridgehead atoms. The van der Waals surface area contributed by atoms with E-state index >= 15 is 0 Å². The van der Waals surface area contributed by atoms with E-state index in [-0.39, 0.29) is 25.0 Å². The standard InChI is InChI=1S/C25H32FN3O5S/c1-28(35(2,32)33)18-24(30)29(17-20-10-12-21(26)13-11-20)23(15-19-7-4-3-5-8-19)25(31)27-16-22-9-6-14-34-22/h3-5,7-8,10-13,22-23H,6,9,14-18H2,1-2H3,(H,27,31)/t22-,23-/m0/s1. The first-order valence-electron chi connectivity index (χ1n) is 11.5. The van der Waals surface area contributed by atoms with Gasteiger partial charge in [-0.2, -0.15) is 4.31 Å². The highest BCUT2D eigenvalue weighted by atomic mass is 32.2. The van der Waals surface area contributed by atoms with Gasteiger partial charge in [0.1, 0.15) is 11.9 Å². The topological polar surface area (TPSA) is 96.0 Å². The van der Waals surface area contributed by atoms with Crippen LogP contribution in [-0.4, -0.2) is 74.6 Å². The van der Waals surface area contributed by atoms with Crippen LogP contribution in [0, 0.1) is 5.82 Å². The summed E-state index contributed by atoms with van der Waals surface area (Å²) in [4.78, 5) is 28.2. The van der Waals surface area contributed by atoms with Crippen molar-refractivity contribution in [1.82, 2.24) is 14.5 Å². The maximum absolute atomic E-state index is 13.5. The number of rotatable bonds is 11. The van der Waals surface area contributed by atoms with E-state index in [1.807, 2.05) is 30.3 Å². The highest BCUT2D eigenvalue weighted by molar-refractivity contribution is 7.88. The summed E-state index contributed by atoms with van der Waals surface area (Å²) in [7, 11) is -2.30. The van der Waals surface area contributed by atoms with E-state index in [1.165, 1.54) is 24.1 Å². The Hall–Kier alpha value is -2.82. The van der Waals surface area contributed by atoms with Gasteiger partial charge in [-0.1, -0.05) is 42.5 Å². The first kappa shape index (κ1) is 26.8. The van der Waals surface area contributed by atoms with Crippen LogP contribution in [0.3, 0.4) is 0 Å². The Balaban J connectivity index is 1.90. The number of halogens is 1. The zero-order chi connectivity index (χ0) is 25.4. The second-order valence-electron chi connectivity index (χ2n) is 8.75. The van der Waals surface area contributed by atoms with Crippen molar-refractivity contribution < 1.29 is 27.1 Å². The molecule has 0 unspecified atom stereocenters. The zero-order valence-corrected chi connectivity index (χ0v) is 20.8. The smallest absolute Gasteiger partial charge is 0.243 e. The lowest BCUT2D eigenvalue weighted by Crippen LogP contribution is -2.53. The monoisotopic (exact) mass is 505 g/mol. The molecule has 35 heavy (non-hydrogen) atoms. The van der Waals surface area contributed by atoms with Crippen molar-refractivity contribution >= 4 is 21.8 Å². The summed E-state index contributed by atoms with van der Waals surface area (Å²) < 4.78 is 43.9. The maximum atomic E-state index is 13.5. The summed E-state index contributed by atoms with van der Waals surface area (Å²) in [5, 5.41) is 2.91. The predicted octanol–water partition coefficient (Wildman–Crippen LogP) is 1.95. The largest absolute Gasteiger partial charge is 0.376 e. The highest BCUT2D eigenvalue weighted by Crippen LogP contribution is 2.17. The molecule has 1 aliphatic heterocycles. The van der Waals surface area contributed by atoms with Gasteiger partial charge >= 0.3 is 0 Å². The minimum absolute atomic E-state index is 0.0154. The molecule has 2 aromatic rings. The van der Waals surface area contributed by atoms with Gasteiger partial charge in [-0.25, -0.2) is 12.8 Å². The summed E-state index contributed by atoms with van der Waals surface area (Å²) in [6, 6.07) is 14.0. The predicted molar refractivity (Wildman–Crippen MR) is 130 cm³/mol. The van der Waals surface area contributed by atoms with Crippen molar-refractivity contribution in [2.75, 3.05) is 33.0 Å². The molecule has 2 atom stereocenters. The van der Waals surface area contributed by atoms with Crippen LogP contribution >= 0.6 is 0 Å². The molecule has 10 heteroatoms. The molecule has 1 fully saturated rings. The Morgan fingerprint density at radius 3 is 2.40 bits per heavy atom. The van der Waals surface area contributed by atoms with Crippen LogP contribution in [0.5, 0.6) is 0 Å². The first-order chi connectivity index (χ1) is 16.6. The Kier molecular flexibility index (Phi) is 9.36. The number of nitrogens with zero attached hydrogens (tertiary/aromatic N) is 2. The number of likely N-dealkylation sites (N-methyl/N-ethyl adjacent to an activating group) is 1. The van der Waals surface area contributed by atoms with Crippen LogP contribution in [0.2, 0.25) is 0 Å². The minimum atomic E-state index is -3.62. The lowest BCUT2D eigenvalue weighted by molar-refractivity contribution is -0.141. The van der Waals surface area contributed by atoms with Gasteiger partial charge in [0.25, 0.3) is 0 Å². The molecule has 2 amide bonds. The molecule has 8 nitrogen and oxygen atoms in total. The van der Waals surface area contributed by atoms with E-state index in [2.05, 4.69) is 5.32 Å². The lowest BCUT2D eigenvalue weighted by atomic mass is 10.0. The van der Waals surface area contributed by atoms with E-state index in [1.54, 1.807) is 12.1 Å². The van der Waals surface area contributed by atoms with Crippen molar-refractivity contribution in [3.8, 4) is 0 Å². The van der Waals surface area contributed by atoms with E-state index in [4.69, 9.17) is 4.74 Å². The number of amides is 2. The normalized spacial score (nSPS) is 16.7. The van der Waals surface area contributed by atoms with Crippen LogP contribution < -0.4 is 5.32 Å². The molecule has 1 heterocycles. The van der Waals surface area contributed by atoms with Crippen molar-refractivity contribution in [3.05, 3.63) is 71.5 Å². The molecule has 3 rings (SSSR count). The summed E-state index contributed by atoms with van der Waals surface area (Å²) in [5.74, 6) is -1.31. The van der Waals surface area contributed by atoms with Crippen molar-refractivity contribution in [2.24, 2.45) is 0 Å². The fourth-order valence-electron chi connectivity index (χ4n) is 3.88. The molecule has 1 N–H and O–H groups in total. The maximum Gasteiger partial charge on any atom is 0.243 e. The third-order valence-electron chi connectivity index (χ3n) is 5.99. The van der Waals surface area contributed by atoms with Crippen LogP contribution in [0.15, 0.2) is 54.6 Å². The number of sulfonamides is 1. The van der Waals surface area contributed by atoms with Gasteiger partial charge < -0.3 is 15.0 Å².